The predicted molar refractivity (Wildman–Crippen MR) is 85.9 cm³/mol. The van der Waals surface area contributed by atoms with Crippen LogP contribution in [0, 0.1) is 0 Å². The molecule has 1 aromatic rings. The zero-order valence-corrected chi connectivity index (χ0v) is 13.1. The number of amides is 1. The Morgan fingerprint density at radius 3 is 2.40 bits per heavy atom. The third-order valence-electron chi connectivity index (χ3n) is 2.58. The van der Waals surface area contributed by atoms with Gasteiger partial charge in [-0.2, -0.15) is 0 Å². The molecule has 0 fully saturated rings. The first kappa shape index (κ1) is 16.6. The SMILES string of the molecule is CC(C)(C)OCC(=O)N(CCC(N)=S)c1ccccc1. The average molecular weight is 294 g/mol. The third kappa shape index (κ3) is 6.12. The first-order chi connectivity index (χ1) is 9.29. The molecule has 1 rings (SSSR count). The minimum absolute atomic E-state index is 0.0374. The molecule has 5 heteroatoms. The van der Waals surface area contributed by atoms with Gasteiger partial charge in [-0.3, -0.25) is 4.79 Å². The summed E-state index contributed by atoms with van der Waals surface area (Å²) < 4.78 is 5.55. The fraction of sp³-hybridized carbons (Fsp3) is 0.467. The molecule has 0 radical (unpaired) electrons. The highest BCUT2D eigenvalue weighted by Crippen LogP contribution is 2.15. The number of hydrogen-bond donors (Lipinski definition) is 1. The Labute approximate surface area is 125 Å². The van der Waals surface area contributed by atoms with Crippen LogP contribution in [0.25, 0.3) is 0 Å². The first-order valence-corrected chi connectivity index (χ1v) is 6.98. The number of hydrogen-bond acceptors (Lipinski definition) is 3. The quantitative estimate of drug-likeness (QED) is 0.819. The second kappa shape index (κ2) is 7.36. The molecule has 0 aliphatic carbocycles. The molecule has 0 unspecified atom stereocenters. The highest BCUT2D eigenvalue weighted by atomic mass is 32.1. The number of benzene rings is 1. The van der Waals surface area contributed by atoms with E-state index in [1.165, 1.54) is 0 Å². The smallest absolute Gasteiger partial charge is 0.253 e. The first-order valence-electron chi connectivity index (χ1n) is 6.57. The van der Waals surface area contributed by atoms with Gasteiger partial charge in [-0.25, -0.2) is 0 Å². The summed E-state index contributed by atoms with van der Waals surface area (Å²) in [5.74, 6) is -0.0950. The number of anilines is 1. The number of thiocarbonyl (C=S) groups is 1. The molecular formula is C15H22N2O2S. The van der Waals surface area contributed by atoms with Crippen molar-refractivity contribution in [3.05, 3.63) is 30.3 Å². The molecule has 0 heterocycles. The number of carbonyl (C=O) groups is 1. The van der Waals surface area contributed by atoms with E-state index in [9.17, 15) is 4.79 Å². The largest absolute Gasteiger partial charge is 0.393 e. The van der Waals surface area contributed by atoms with Gasteiger partial charge in [0.1, 0.15) is 6.61 Å². The monoisotopic (exact) mass is 294 g/mol. The van der Waals surface area contributed by atoms with E-state index in [-0.39, 0.29) is 18.1 Å². The van der Waals surface area contributed by atoms with Gasteiger partial charge >= 0.3 is 0 Å². The Bertz CT molecular complexity index is 455. The van der Waals surface area contributed by atoms with Crippen LogP contribution < -0.4 is 10.6 Å². The van der Waals surface area contributed by atoms with Crippen LogP contribution in [0.3, 0.4) is 0 Å². The van der Waals surface area contributed by atoms with Crippen molar-refractivity contribution in [2.75, 3.05) is 18.1 Å². The molecule has 4 nitrogen and oxygen atoms in total. The highest BCUT2D eigenvalue weighted by molar-refractivity contribution is 7.80. The van der Waals surface area contributed by atoms with Crippen molar-refractivity contribution in [2.24, 2.45) is 5.73 Å². The Morgan fingerprint density at radius 2 is 1.90 bits per heavy atom. The number of nitrogens with zero attached hydrogens (tertiary/aromatic N) is 1. The van der Waals surface area contributed by atoms with Gasteiger partial charge in [-0.1, -0.05) is 30.4 Å². The summed E-state index contributed by atoms with van der Waals surface area (Å²) in [7, 11) is 0. The van der Waals surface area contributed by atoms with Gasteiger partial charge in [0.2, 0.25) is 0 Å². The Kier molecular flexibility index (Phi) is 6.10. The molecule has 2 N–H and O–H groups in total. The molecule has 0 saturated heterocycles. The zero-order chi connectivity index (χ0) is 15.2. The molecule has 0 spiro atoms. The van der Waals surface area contributed by atoms with Crippen LogP contribution in [0.2, 0.25) is 0 Å². The predicted octanol–water partition coefficient (Wildman–Crippen LogP) is 2.51. The number of para-hydroxylation sites is 1. The molecule has 0 aliphatic rings. The summed E-state index contributed by atoms with van der Waals surface area (Å²) in [4.78, 5) is 14.4. The summed E-state index contributed by atoms with van der Waals surface area (Å²) in [6, 6.07) is 9.45. The van der Waals surface area contributed by atoms with Crippen molar-refractivity contribution >= 4 is 28.8 Å². The van der Waals surface area contributed by atoms with Gasteiger partial charge in [-0.05, 0) is 32.9 Å². The van der Waals surface area contributed by atoms with Crippen LogP contribution in [0.1, 0.15) is 27.2 Å². The number of nitrogens with two attached hydrogens (primary N) is 1. The lowest BCUT2D eigenvalue weighted by molar-refractivity contribution is -0.127. The number of carbonyl (C=O) groups excluding carboxylic acids is 1. The van der Waals surface area contributed by atoms with Crippen molar-refractivity contribution in [2.45, 2.75) is 32.8 Å². The van der Waals surface area contributed by atoms with Crippen LogP contribution in [0.4, 0.5) is 5.69 Å². The summed E-state index contributed by atoms with van der Waals surface area (Å²) in [6.45, 7) is 6.26. The minimum atomic E-state index is -0.346. The van der Waals surface area contributed by atoms with Gasteiger partial charge < -0.3 is 15.4 Å². The molecule has 110 valence electrons. The van der Waals surface area contributed by atoms with E-state index < -0.39 is 0 Å². The Balaban J connectivity index is 2.77. The molecule has 0 aliphatic heterocycles. The maximum Gasteiger partial charge on any atom is 0.253 e. The molecule has 0 bridgehead atoms. The highest BCUT2D eigenvalue weighted by Gasteiger charge is 2.19. The molecule has 0 aromatic heterocycles. The third-order valence-corrected chi connectivity index (χ3v) is 2.78. The normalized spacial score (nSPS) is 11.2. The van der Waals surface area contributed by atoms with Crippen LogP contribution in [0.15, 0.2) is 30.3 Å². The van der Waals surface area contributed by atoms with Crippen LogP contribution in [0.5, 0.6) is 0 Å². The average Bonchev–Trinajstić information content (AvgIpc) is 2.36. The standard InChI is InChI=1S/C15H22N2O2S/c1-15(2,3)19-11-14(18)17(10-9-13(16)20)12-7-5-4-6-8-12/h4-8H,9-11H2,1-3H3,(H2,16,20). The lowest BCUT2D eigenvalue weighted by atomic mass is 10.2. The van der Waals surface area contributed by atoms with Crippen LogP contribution in [-0.4, -0.2) is 29.6 Å². The summed E-state index contributed by atoms with van der Waals surface area (Å²) in [5, 5.41) is 0. The molecular weight excluding hydrogens is 272 g/mol. The van der Waals surface area contributed by atoms with E-state index in [0.717, 1.165) is 5.69 Å². The van der Waals surface area contributed by atoms with E-state index in [0.29, 0.717) is 18.0 Å². The van der Waals surface area contributed by atoms with Crippen molar-refractivity contribution < 1.29 is 9.53 Å². The van der Waals surface area contributed by atoms with Gasteiger partial charge in [0.05, 0.1) is 10.6 Å². The van der Waals surface area contributed by atoms with Crippen LogP contribution >= 0.6 is 12.2 Å². The van der Waals surface area contributed by atoms with Gasteiger partial charge in [0.25, 0.3) is 5.91 Å². The molecule has 20 heavy (non-hydrogen) atoms. The van der Waals surface area contributed by atoms with E-state index in [1.54, 1.807) is 4.90 Å². The maximum atomic E-state index is 12.3. The van der Waals surface area contributed by atoms with E-state index >= 15 is 0 Å². The number of rotatable bonds is 6. The Morgan fingerprint density at radius 1 is 1.30 bits per heavy atom. The van der Waals surface area contributed by atoms with Gasteiger partial charge in [0.15, 0.2) is 0 Å². The van der Waals surface area contributed by atoms with Gasteiger partial charge in [-0.15, -0.1) is 0 Å². The lowest BCUT2D eigenvalue weighted by Crippen LogP contribution is -2.38. The maximum absolute atomic E-state index is 12.3. The molecule has 1 amide bonds. The number of ether oxygens (including phenoxy) is 1. The molecule has 0 atom stereocenters. The van der Waals surface area contributed by atoms with Crippen molar-refractivity contribution in [1.82, 2.24) is 0 Å². The van der Waals surface area contributed by atoms with Crippen molar-refractivity contribution in [1.29, 1.82) is 0 Å². The summed E-state index contributed by atoms with van der Waals surface area (Å²) in [5.41, 5.74) is 6.00. The summed E-state index contributed by atoms with van der Waals surface area (Å²) >= 11 is 4.88. The van der Waals surface area contributed by atoms with Crippen molar-refractivity contribution in [3.8, 4) is 0 Å². The van der Waals surface area contributed by atoms with Gasteiger partial charge in [0, 0.05) is 18.7 Å². The van der Waals surface area contributed by atoms with E-state index in [2.05, 4.69) is 0 Å². The molecule has 0 saturated carbocycles. The zero-order valence-electron chi connectivity index (χ0n) is 12.3. The lowest BCUT2D eigenvalue weighted by Gasteiger charge is -2.25. The van der Waals surface area contributed by atoms with E-state index in [4.69, 9.17) is 22.7 Å². The topological polar surface area (TPSA) is 55.6 Å². The van der Waals surface area contributed by atoms with Crippen molar-refractivity contribution in [3.63, 3.8) is 0 Å². The second-order valence-electron chi connectivity index (χ2n) is 5.50. The fourth-order valence-corrected chi connectivity index (χ4v) is 1.68. The molecule has 1 aromatic carbocycles. The summed E-state index contributed by atoms with van der Waals surface area (Å²) in [6.07, 6.45) is 0.492. The fourth-order valence-electron chi connectivity index (χ4n) is 1.58. The minimum Gasteiger partial charge on any atom is -0.393 e. The Hall–Kier alpha value is -1.46. The van der Waals surface area contributed by atoms with E-state index in [1.807, 2.05) is 51.1 Å². The van der Waals surface area contributed by atoms with Crippen LogP contribution in [-0.2, 0) is 9.53 Å². The second-order valence-corrected chi connectivity index (χ2v) is 6.02.